The summed E-state index contributed by atoms with van der Waals surface area (Å²) < 4.78 is 5.43. The first kappa shape index (κ1) is 15.9. The Bertz CT molecular complexity index is 487. The molecule has 2 N–H and O–H groups in total. The van der Waals surface area contributed by atoms with E-state index in [1.165, 1.54) is 12.1 Å². The van der Waals surface area contributed by atoms with Gasteiger partial charge in [0.15, 0.2) is 5.75 Å². The molecule has 0 aliphatic carbocycles. The molecular weight excluding hydrogens is 262 g/mol. The lowest BCUT2D eigenvalue weighted by atomic mass is 10.2. The Morgan fingerprint density at radius 1 is 1.40 bits per heavy atom. The molecule has 0 spiro atoms. The van der Waals surface area contributed by atoms with Crippen LogP contribution < -0.4 is 10.5 Å². The monoisotopic (exact) mass is 281 g/mol. The van der Waals surface area contributed by atoms with E-state index in [-0.39, 0.29) is 17.0 Å². The lowest BCUT2D eigenvalue weighted by Gasteiger charge is -2.17. The van der Waals surface area contributed by atoms with Crippen molar-refractivity contribution < 1.29 is 14.5 Å². The predicted molar refractivity (Wildman–Crippen MR) is 74.9 cm³/mol. The van der Waals surface area contributed by atoms with Crippen LogP contribution in [0.4, 0.5) is 5.69 Å². The Labute approximate surface area is 117 Å². The van der Waals surface area contributed by atoms with Gasteiger partial charge in [-0.1, -0.05) is 13.8 Å². The van der Waals surface area contributed by atoms with E-state index < -0.39 is 10.8 Å². The standard InChI is InChI=1S/C13H19N3O4/c1-3-15(4-2)7-8-20-12-6-5-10(13(14)17)9-11(12)16(18)19/h5-6,9H,3-4,7-8H2,1-2H3,(H2,14,17). The van der Waals surface area contributed by atoms with Gasteiger partial charge in [0.2, 0.25) is 5.91 Å². The number of nitro groups is 1. The van der Waals surface area contributed by atoms with Crippen LogP contribution in [-0.2, 0) is 0 Å². The van der Waals surface area contributed by atoms with Crippen LogP contribution in [-0.4, -0.2) is 42.0 Å². The third-order valence-corrected chi connectivity index (χ3v) is 3.00. The average molecular weight is 281 g/mol. The second kappa shape index (κ2) is 7.44. The van der Waals surface area contributed by atoms with Gasteiger partial charge < -0.3 is 15.4 Å². The molecule has 0 saturated carbocycles. The van der Waals surface area contributed by atoms with Crippen molar-refractivity contribution >= 4 is 11.6 Å². The molecule has 0 unspecified atom stereocenters. The highest BCUT2D eigenvalue weighted by Gasteiger charge is 2.17. The highest BCUT2D eigenvalue weighted by Crippen LogP contribution is 2.27. The molecule has 0 aromatic heterocycles. The van der Waals surface area contributed by atoms with Gasteiger partial charge in [0.25, 0.3) is 0 Å². The number of rotatable bonds is 8. The van der Waals surface area contributed by atoms with Crippen LogP contribution in [0.1, 0.15) is 24.2 Å². The van der Waals surface area contributed by atoms with E-state index in [9.17, 15) is 14.9 Å². The molecule has 0 fully saturated rings. The number of amides is 1. The molecule has 0 bridgehead atoms. The Hall–Kier alpha value is -2.15. The molecule has 0 heterocycles. The molecule has 20 heavy (non-hydrogen) atoms. The molecule has 0 aliphatic rings. The van der Waals surface area contributed by atoms with E-state index in [2.05, 4.69) is 4.90 Å². The van der Waals surface area contributed by atoms with Crippen LogP contribution in [0.15, 0.2) is 18.2 Å². The summed E-state index contributed by atoms with van der Waals surface area (Å²) in [4.78, 5) is 23.5. The Morgan fingerprint density at radius 3 is 2.55 bits per heavy atom. The largest absolute Gasteiger partial charge is 0.485 e. The van der Waals surface area contributed by atoms with Crippen LogP contribution in [0.25, 0.3) is 0 Å². The maximum atomic E-state index is 11.0. The van der Waals surface area contributed by atoms with E-state index in [4.69, 9.17) is 10.5 Å². The molecule has 0 saturated heterocycles. The van der Waals surface area contributed by atoms with Crippen LogP contribution in [0.5, 0.6) is 5.75 Å². The van der Waals surface area contributed by atoms with Crippen molar-refractivity contribution in [2.45, 2.75) is 13.8 Å². The Balaban J connectivity index is 2.79. The van der Waals surface area contributed by atoms with Gasteiger partial charge in [0.1, 0.15) is 6.61 Å². The number of hydrogen-bond acceptors (Lipinski definition) is 5. The van der Waals surface area contributed by atoms with Crippen molar-refractivity contribution in [2.75, 3.05) is 26.2 Å². The lowest BCUT2D eigenvalue weighted by molar-refractivity contribution is -0.385. The van der Waals surface area contributed by atoms with Gasteiger partial charge in [0.05, 0.1) is 4.92 Å². The summed E-state index contributed by atoms with van der Waals surface area (Å²) in [6.45, 7) is 6.88. The molecule has 7 heteroatoms. The number of primary amides is 1. The minimum atomic E-state index is -0.706. The summed E-state index contributed by atoms with van der Waals surface area (Å²) in [6, 6.07) is 3.96. The number of benzene rings is 1. The van der Waals surface area contributed by atoms with Crippen molar-refractivity contribution in [1.29, 1.82) is 0 Å². The molecule has 7 nitrogen and oxygen atoms in total. The molecule has 0 radical (unpaired) electrons. The number of hydrogen-bond donors (Lipinski definition) is 1. The molecule has 0 atom stereocenters. The van der Waals surface area contributed by atoms with Crippen LogP contribution in [0.3, 0.4) is 0 Å². The second-order valence-corrected chi connectivity index (χ2v) is 4.18. The fourth-order valence-corrected chi connectivity index (χ4v) is 1.76. The number of nitrogens with zero attached hydrogens (tertiary/aromatic N) is 2. The van der Waals surface area contributed by atoms with Gasteiger partial charge in [0, 0.05) is 18.2 Å². The molecule has 1 rings (SSSR count). The third kappa shape index (κ3) is 4.20. The van der Waals surface area contributed by atoms with Gasteiger partial charge in [-0.15, -0.1) is 0 Å². The fraction of sp³-hybridized carbons (Fsp3) is 0.462. The normalized spacial score (nSPS) is 10.6. The fourth-order valence-electron chi connectivity index (χ4n) is 1.76. The Morgan fingerprint density at radius 2 is 2.05 bits per heavy atom. The van der Waals surface area contributed by atoms with Crippen molar-refractivity contribution in [2.24, 2.45) is 5.73 Å². The number of ether oxygens (including phenoxy) is 1. The zero-order chi connectivity index (χ0) is 15.1. The molecule has 0 aliphatic heterocycles. The number of likely N-dealkylation sites (N-methyl/N-ethyl adjacent to an activating group) is 1. The van der Waals surface area contributed by atoms with Gasteiger partial charge in [-0.2, -0.15) is 0 Å². The van der Waals surface area contributed by atoms with Crippen molar-refractivity contribution in [3.63, 3.8) is 0 Å². The minimum Gasteiger partial charge on any atom is -0.485 e. The smallest absolute Gasteiger partial charge is 0.311 e. The van der Waals surface area contributed by atoms with Crippen LogP contribution >= 0.6 is 0 Å². The zero-order valence-electron chi connectivity index (χ0n) is 11.7. The number of nitrogens with two attached hydrogens (primary N) is 1. The van der Waals surface area contributed by atoms with E-state index in [1.54, 1.807) is 0 Å². The highest BCUT2D eigenvalue weighted by atomic mass is 16.6. The first-order valence-electron chi connectivity index (χ1n) is 6.43. The van der Waals surface area contributed by atoms with E-state index in [1.807, 2.05) is 13.8 Å². The van der Waals surface area contributed by atoms with Gasteiger partial charge >= 0.3 is 5.69 Å². The lowest BCUT2D eigenvalue weighted by Crippen LogP contribution is -2.28. The summed E-state index contributed by atoms with van der Waals surface area (Å²) in [5.41, 5.74) is 4.94. The van der Waals surface area contributed by atoms with Crippen molar-refractivity contribution in [1.82, 2.24) is 4.90 Å². The molecule has 1 aromatic carbocycles. The van der Waals surface area contributed by atoms with Crippen LogP contribution in [0.2, 0.25) is 0 Å². The van der Waals surface area contributed by atoms with E-state index in [0.29, 0.717) is 13.2 Å². The molecule has 1 aromatic rings. The van der Waals surface area contributed by atoms with Crippen molar-refractivity contribution in [3.05, 3.63) is 33.9 Å². The van der Waals surface area contributed by atoms with Crippen LogP contribution in [0, 0.1) is 10.1 Å². The Kier molecular flexibility index (Phi) is 5.92. The molecule has 110 valence electrons. The number of nitro benzene ring substituents is 1. The van der Waals surface area contributed by atoms with Gasteiger partial charge in [-0.25, -0.2) is 0 Å². The maximum absolute atomic E-state index is 11.0. The molecular formula is C13H19N3O4. The topological polar surface area (TPSA) is 98.7 Å². The first-order chi connectivity index (χ1) is 9.49. The number of carbonyl (C=O) groups is 1. The first-order valence-corrected chi connectivity index (χ1v) is 6.43. The summed E-state index contributed by atoms with van der Waals surface area (Å²) in [5, 5.41) is 11.0. The van der Waals surface area contributed by atoms with Gasteiger partial charge in [-0.05, 0) is 25.2 Å². The van der Waals surface area contributed by atoms with E-state index in [0.717, 1.165) is 19.2 Å². The summed E-state index contributed by atoms with van der Waals surface area (Å²) in [7, 11) is 0. The number of carbonyl (C=O) groups excluding carboxylic acids is 1. The zero-order valence-corrected chi connectivity index (χ0v) is 11.7. The summed E-state index contributed by atoms with van der Waals surface area (Å²) >= 11 is 0. The van der Waals surface area contributed by atoms with Crippen molar-refractivity contribution in [3.8, 4) is 5.75 Å². The minimum absolute atomic E-state index is 0.0905. The van der Waals surface area contributed by atoms with Gasteiger partial charge in [-0.3, -0.25) is 14.9 Å². The second-order valence-electron chi connectivity index (χ2n) is 4.18. The summed E-state index contributed by atoms with van der Waals surface area (Å²) in [6.07, 6.45) is 0. The predicted octanol–water partition coefficient (Wildman–Crippen LogP) is 1.41. The quantitative estimate of drug-likeness (QED) is 0.574. The highest BCUT2D eigenvalue weighted by molar-refractivity contribution is 5.93. The molecule has 1 amide bonds. The summed E-state index contributed by atoms with van der Waals surface area (Å²) in [5.74, 6) is -0.560. The maximum Gasteiger partial charge on any atom is 0.311 e. The third-order valence-electron chi connectivity index (χ3n) is 3.00. The SMILES string of the molecule is CCN(CC)CCOc1ccc(C(N)=O)cc1[N+](=O)[O-]. The van der Waals surface area contributed by atoms with E-state index >= 15 is 0 Å². The average Bonchev–Trinajstić information content (AvgIpc) is 2.43.